The molecule has 0 radical (unpaired) electrons. The molecular weight excluding hydrogens is 230 g/mol. The van der Waals surface area contributed by atoms with E-state index in [1.807, 2.05) is 6.92 Å². The van der Waals surface area contributed by atoms with Crippen LogP contribution in [0.1, 0.15) is 13.8 Å². The van der Waals surface area contributed by atoms with Crippen molar-refractivity contribution in [2.24, 2.45) is 5.92 Å². The molecule has 0 aromatic carbocycles. The Morgan fingerprint density at radius 1 is 1.62 bits per heavy atom. The molecule has 1 rings (SSSR count). The molecule has 0 amide bonds. The van der Waals surface area contributed by atoms with Gasteiger partial charge in [-0.25, -0.2) is 18.1 Å². The third-order valence-corrected chi connectivity index (χ3v) is 3.49. The molecule has 1 atom stereocenters. The minimum absolute atomic E-state index is 0.0134. The third-order valence-electron chi connectivity index (χ3n) is 2.18. The molecule has 7 heteroatoms. The van der Waals surface area contributed by atoms with Crippen molar-refractivity contribution in [3.05, 3.63) is 12.5 Å². The molecule has 0 aliphatic carbocycles. The number of aliphatic hydroxyl groups excluding tert-OH is 1. The summed E-state index contributed by atoms with van der Waals surface area (Å²) < 4.78 is 27.5. The zero-order valence-corrected chi connectivity index (χ0v) is 10.2. The summed E-state index contributed by atoms with van der Waals surface area (Å²) in [6.45, 7) is 4.49. The van der Waals surface area contributed by atoms with Gasteiger partial charge in [0.25, 0.3) is 10.0 Å². The standard InChI is InChI=1S/C9H17N3O3S/c1-3-12-5-9(10-7-12)16(14,15)11-4-8(2)6-13/h5,7-8,11,13H,3-4,6H2,1-2H3. The van der Waals surface area contributed by atoms with E-state index in [9.17, 15) is 8.42 Å². The second-order valence-electron chi connectivity index (χ2n) is 3.68. The van der Waals surface area contributed by atoms with E-state index < -0.39 is 10.0 Å². The molecule has 92 valence electrons. The highest BCUT2D eigenvalue weighted by molar-refractivity contribution is 7.89. The Labute approximate surface area is 95.4 Å². The number of aromatic nitrogens is 2. The van der Waals surface area contributed by atoms with E-state index >= 15 is 0 Å². The lowest BCUT2D eigenvalue weighted by atomic mass is 10.2. The largest absolute Gasteiger partial charge is 0.396 e. The van der Waals surface area contributed by atoms with Crippen LogP contribution in [0.25, 0.3) is 0 Å². The molecule has 0 saturated carbocycles. The molecule has 1 aromatic rings. The first kappa shape index (κ1) is 13.1. The van der Waals surface area contributed by atoms with Crippen molar-refractivity contribution in [3.63, 3.8) is 0 Å². The van der Waals surface area contributed by atoms with Crippen LogP contribution in [0.15, 0.2) is 17.6 Å². The summed E-state index contributed by atoms with van der Waals surface area (Å²) in [5.41, 5.74) is 0. The topological polar surface area (TPSA) is 84.2 Å². The Kier molecular flexibility index (Phi) is 4.45. The summed E-state index contributed by atoms with van der Waals surface area (Å²) in [6, 6.07) is 0. The molecule has 16 heavy (non-hydrogen) atoms. The molecule has 1 unspecified atom stereocenters. The van der Waals surface area contributed by atoms with Gasteiger partial charge in [0.1, 0.15) is 0 Å². The summed E-state index contributed by atoms with van der Waals surface area (Å²) >= 11 is 0. The monoisotopic (exact) mass is 247 g/mol. The molecule has 0 bridgehead atoms. The molecule has 0 fully saturated rings. The van der Waals surface area contributed by atoms with Gasteiger partial charge in [-0.1, -0.05) is 6.92 Å². The molecule has 0 aliphatic rings. The summed E-state index contributed by atoms with van der Waals surface area (Å²) in [6.07, 6.45) is 2.95. The van der Waals surface area contributed by atoms with Crippen LogP contribution < -0.4 is 4.72 Å². The van der Waals surface area contributed by atoms with Gasteiger partial charge in [0.05, 0.1) is 6.33 Å². The Hall–Kier alpha value is -0.920. The Morgan fingerprint density at radius 3 is 2.81 bits per heavy atom. The minimum Gasteiger partial charge on any atom is -0.396 e. The number of sulfonamides is 1. The summed E-state index contributed by atoms with van der Waals surface area (Å²) in [7, 11) is -3.55. The highest BCUT2D eigenvalue weighted by Crippen LogP contribution is 2.05. The predicted octanol–water partition coefficient (Wildman–Crippen LogP) is -0.190. The normalized spacial score (nSPS) is 13.9. The molecule has 0 aliphatic heterocycles. The molecule has 1 aromatic heterocycles. The van der Waals surface area contributed by atoms with Crippen molar-refractivity contribution < 1.29 is 13.5 Å². The van der Waals surface area contributed by atoms with Crippen molar-refractivity contribution in [2.45, 2.75) is 25.4 Å². The fourth-order valence-electron chi connectivity index (χ4n) is 1.04. The van der Waals surface area contributed by atoms with Crippen LogP contribution in [-0.4, -0.2) is 36.2 Å². The van der Waals surface area contributed by atoms with Crippen LogP contribution in [0.5, 0.6) is 0 Å². The van der Waals surface area contributed by atoms with Gasteiger partial charge in [0.2, 0.25) is 0 Å². The maximum absolute atomic E-state index is 11.7. The second-order valence-corrected chi connectivity index (χ2v) is 5.40. The molecule has 2 N–H and O–H groups in total. The minimum atomic E-state index is -3.55. The number of rotatable bonds is 6. The second kappa shape index (κ2) is 5.42. The lowest BCUT2D eigenvalue weighted by molar-refractivity contribution is 0.238. The molecule has 6 nitrogen and oxygen atoms in total. The Balaban J connectivity index is 2.70. The van der Waals surface area contributed by atoms with Crippen LogP contribution in [0.2, 0.25) is 0 Å². The van der Waals surface area contributed by atoms with Gasteiger partial charge in [-0.05, 0) is 12.8 Å². The Bertz CT molecular complexity index is 427. The van der Waals surface area contributed by atoms with Crippen molar-refractivity contribution in [1.82, 2.24) is 14.3 Å². The van der Waals surface area contributed by atoms with Gasteiger partial charge in [0.15, 0.2) is 5.03 Å². The molecular formula is C9H17N3O3S. The SMILES string of the molecule is CCn1cnc(S(=O)(=O)NCC(C)CO)c1. The van der Waals surface area contributed by atoms with Gasteiger partial charge in [-0.3, -0.25) is 0 Å². The van der Waals surface area contributed by atoms with E-state index in [1.165, 1.54) is 12.5 Å². The van der Waals surface area contributed by atoms with Crippen LogP contribution in [0, 0.1) is 5.92 Å². The first-order valence-electron chi connectivity index (χ1n) is 5.12. The average Bonchev–Trinajstić information content (AvgIpc) is 2.75. The van der Waals surface area contributed by atoms with Gasteiger partial charge < -0.3 is 9.67 Å². The number of hydrogen-bond donors (Lipinski definition) is 2. The van der Waals surface area contributed by atoms with Gasteiger partial charge in [0, 0.05) is 25.9 Å². The van der Waals surface area contributed by atoms with E-state index in [2.05, 4.69) is 9.71 Å². The van der Waals surface area contributed by atoms with Crippen molar-refractivity contribution >= 4 is 10.0 Å². The van der Waals surface area contributed by atoms with E-state index in [1.54, 1.807) is 11.5 Å². The first-order valence-corrected chi connectivity index (χ1v) is 6.60. The maximum Gasteiger partial charge on any atom is 0.259 e. The molecule has 0 saturated heterocycles. The maximum atomic E-state index is 11.7. The van der Waals surface area contributed by atoms with E-state index in [-0.39, 0.29) is 24.1 Å². The quantitative estimate of drug-likeness (QED) is 0.729. The number of nitrogens with one attached hydrogen (secondary N) is 1. The van der Waals surface area contributed by atoms with Gasteiger partial charge in [-0.2, -0.15) is 0 Å². The van der Waals surface area contributed by atoms with Crippen LogP contribution in [-0.2, 0) is 16.6 Å². The number of imidazole rings is 1. The van der Waals surface area contributed by atoms with Crippen molar-refractivity contribution in [2.75, 3.05) is 13.2 Å². The number of aliphatic hydroxyl groups is 1. The zero-order chi connectivity index (χ0) is 12.2. The number of aryl methyl sites for hydroxylation is 1. The highest BCUT2D eigenvalue weighted by atomic mass is 32.2. The third kappa shape index (κ3) is 3.29. The number of hydrogen-bond acceptors (Lipinski definition) is 4. The lowest BCUT2D eigenvalue weighted by Gasteiger charge is -2.08. The Morgan fingerprint density at radius 2 is 2.31 bits per heavy atom. The molecule has 0 spiro atoms. The highest BCUT2D eigenvalue weighted by Gasteiger charge is 2.17. The fourth-order valence-corrected chi connectivity index (χ4v) is 2.15. The average molecular weight is 247 g/mol. The van der Waals surface area contributed by atoms with Crippen molar-refractivity contribution in [1.29, 1.82) is 0 Å². The van der Waals surface area contributed by atoms with Gasteiger partial charge >= 0.3 is 0 Å². The first-order chi connectivity index (χ1) is 7.49. The van der Waals surface area contributed by atoms with E-state index in [4.69, 9.17) is 5.11 Å². The summed E-state index contributed by atoms with van der Waals surface area (Å²) in [5, 5.41) is 8.80. The fraction of sp³-hybridized carbons (Fsp3) is 0.667. The predicted molar refractivity (Wildman–Crippen MR) is 59.3 cm³/mol. The van der Waals surface area contributed by atoms with Crippen LogP contribution in [0.4, 0.5) is 0 Å². The smallest absolute Gasteiger partial charge is 0.259 e. The summed E-state index contributed by atoms with van der Waals surface area (Å²) in [4.78, 5) is 3.81. The van der Waals surface area contributed by atoms with E-state index in [0.717, 1.165) is 0 Å². The lowest BCUT2D eigenvalue weighted by Crippen LogP contribution is -2.29. The van der Waals surface area contributed by atoms with Crippen LogP contribution >= 0.6 is 0 Å². The molecule has 1 heterocycles. The zero-order valence-electron chi connectivity index (χ0n) is 9.42. The van der Waals surface area contributed by atoms with Crippen molar-refractivity contribution in [3.8, 4) is 0 Å². The van der Waals surface area contributed by atoms with E-state index in [0.29, 0.717) is 6.54 Å². The van der Waals surface area contributed by atoms with Crippen LogP contribution in [0.3, 0.4) is 0 Å². The summed E-state index contributed by atoms with van der Waals surface area (Å²) in [5.74, 6) is -0.108. The number of nitrogens with zero attached hydrogens (tertiary/aromatic N) is 2. The van der Waals surface area contributed by atoms with Gasteiger partial charge in [-0.15, -0.1) is 0 Å².